The molecule has 1 aliphatic heterocycles. The van der Waals surface area contributed by atoms with Gasteiger partial charge in [-0.2, -0.15) is 0 Å². The zero-order valence-corrected chi connectivity index (χ0v) is 9.47. The summed E-state index contributed by atoms with van der Waals surface area (Å²) in [7, 11) is 2.06. The molecule has 1 fully saturated rings. The molecule has 1 aliphatic rings. The Balaban J connectivity index is 2.20. The van der Waals surface area contributed by atoms with E-state index in [4.69, 9.17) is 4.74 Å². The second-order valence-electron chi connectivity index (χ2n) is 4.09. The molecule has 3 atom stereocenters. The predicted molar refractivity (Wildman–Crippen MR) is 60.1 cm³/mol. The Morgan fingerprint density at radius 3 is 2.53 bits per heavy atom. The lowest BCUT2D eigenvalue weighted by Gasteiger charge is -2.41. The summed E-state index contributed by atoms with van der Waals surface area (Å²) in [5.41, 5.74) is 4.48. The third kappa shape index (κ3) is 2.20. The van der Waals surface area contributed by atoms with Crippen LogP contribution in [0.15, 0.2) is 30.3 Å². The number of hydrazine groups is 1. The zero-order chi connectivity index (χ0) is 10.8. The van der Waals surface area contributed by atoms with Crippen molar-refractivity contribution < 1.29 is 4.74 Å². The van der Waals surface area contributed by atoms with Gasteiger partial charge in [0.15, 0.2) is 0 Å². The average molecular weight is 206 g/mol. The zero-order valence-electron chi connectivity index (χ0n) is 9.47. The molecule has 1 heterocycles. The quantitative estimate of drug-likeness (QED) is 0.760. The SMILES string of the molecule is C[C@@H]1NN(C)[C@H](C)[C@H](c2ccccc2)O1. The van der Waals surface area contributed by atoms with Gasteiger partial charge in [-0.25, -0.2) is 10.4 Å². The van der Waals surface area contributed by atoms with Crippen molar-refractivity contribution in [2.45, 2.75) is 32.2 Å². The Bertz CT molecular complexity index is 315. The lowest BCUT2D eigenvalue weighted by atomic mass is 10.0. The van der Waals surface area contributed by atoms with Crippen LogP contribution in [0, 0.1) is 0 Å². The molecule has 0 bridgehead atoms. The van der Waals surface area contributed by atoms with Gasteiger partial charge in [-0.3, -0.25) is 0 Å². The van der Waals surface area contributed by atoms with E-state index in [9.17, 15) is 0 Å². The standard InChI is InChI=1S/C12H18N2O/c1-9-12(11-7-5-4-6-8-11)15-10(2)13-14(9)3/h4-10,12-13H,1-3H3/t9-,10-,12-/m1/s1. The third-order valence-corrected chi connectivity index (χ3v) is 2.91. The van der Waals surface area contributed by atoms with Gasteiger partial charge in [0.25, 0.3) is 0 Å². The van der Waals surface area contributed by atoms with Gasteiger partial charge in [0.1, 0.15) is 12.3 Å². The highest BCUT2D eigenvalue weighted by Gasteiger charge is 2.30. The molecule has 0 aliphatic carbocycles. The van der Waals surface area contributed by atoms with Gasteiger partial charge < -0.3 is 4.74 Å². The number of hydrogen-bond acceptors (Lipinski definition) is 3. The van der Waals surface area contributed by atoms with E-state index >= 15 is 0 Å². The summed E-state index contributed by atoms with van der Waals surface area (Å²) in [5.74, 6) is 0. The molecule has 15 heavy (non-hydrogen) atoms. The van der Waals surface area contributed by atoms with Gasteiger partial charge in [0.2, 0.25) is 0 Å². The summed E-state index contributed by atoms with van der Waals surface area (Å²) in [6, 6.07) is 10.7. The molecule has 0 amide bonds. The molecule has 0 saturated carbocycles. The fourth-order valence-corrected chi connectivity index (χ4v) is 1.97. The van der Waals surface area contributed by atoms with Crippen molar-refractivity contribution in [1.82, 2.24) is 10.4 Å². The first-order valence-electron chi connectivity index (χ1n) is 5.38. The molecule has 0 unspecified atom stereocenters. The van der Waals surface area contributed by atoms with Crippen molar-refractivity contribution in [2.75, 3.05) is 7.05 Å². The van der Waals surface area contributed by atoms with Crippen LogP contribution in [0.4, 0.5) is 0 Å². The van der Waals surface area contributed by atoms with E-state index in [2.05, 4.69) is 48.7 Å². The molecule has 0 aromatic heterocycles. The Morgan fingerprint density at radius 2 is 1.87 bits per heavy atom. The predicted octanol–water partition coefficient (Wildman–Crippen LogP) is 1.93. The Hall–Kier alpha value is -0.900. The monoisotopic (exact) mass is 206 g/mol. The van der Waals surface area contributed by atoms with Crippen molar-refractivity contribution in [3.05, 3.63) is 35.9 Å². The first kappa shape index (κ1) is 10.6. The van der Waals surface area contributed by atoms with Gasteiger partial charge in [-0.15, -0.1) is 0 Å². The molecule has 0 spiro atoms. The summed E-state index contributed by atoms with van der Waals surface area (Å²) in [6.07, 6.45) is 0.212. The fraction of sp³-hybridized carbons (Fsp3) is 0.500. The lowest BCUT2D eigenvalue weighted by molar-refractivity contribution is -0.147. The highest BCUT2D eigenvalue weighted by molar-refractivity contribution is 5.19. The summed E-state index contributed by atoms with van der Waals surface area (Å²) in [6.45, 7) is 4.19. The fourth-order valence-electron chi connectivity index (χ4n) is 1.97. The molecule has 2 rings (SSSR count). The van der Waals surface area contributed by atoms with E-state index < -0.39 is 0 Å². The van der Waals surface area contributed by atoms with E-state index in [1.54, 1.807) is 0 Å². The minimum absolute atomic E-state index is 0.0661. The highest BCUT2D eigenvalue weighted by Crippen LogP contribution is 2.27. The summed E-state index contributed by atoms with van der Waals surface area (Å²) in [5, 5.41) is 2.12. The highest BCUT2D eigenvalue weighted by atomic mass is 16.5. The number of nitrogens with zero attached hydrogens (tertiary/aromatic N) is 1. The number of nitrogens with one attached hydrogen (secondary N) is 1. The molecule has 1 saturated heterocycles. The second kappa shape index (κ2) is 4.31. The smallest absolute Gasteiger partial charge is 0.118 e. The van der Waals surface area contributed by atoms with Gasteiger partial charge in [0, 0.05) is 7.05 Å². The summed E-state index contributed by atoms with van der Waals surface area (Å²) < 4.78 is 5.90. The normalized spacial score (nSPS) is 32.9. The van der Waals surface area contributed by atoms with Gasteiger partial charge in [-0.1, -0.05) is 30.3 Å². The van der Waals surface area contributed by atoms with E-state index in [1.165, 1.54) is 5.56 Å². The van der Waals surface area contributed by atoms with E-state index in [0.717, 1.165) is 0 Å². The van der Waals surface area contributed by atoms with Gasteiger partial charge in [-0.05, 0) is 19.4 Å². The van der Waals surface area contributed by atoms with E-state index in [-0.39, 0.29) is 12.3 Å². The first-order valence-corrected chi connectivity index (χ1v) is 5.38. The number of benzene rings is 1. The van der Waals surface area contributed by atoms with Crippen molar-refractivity contribution in [2.24, 2.45) is 0 Å². The largest absolute Gasteiger partial charge is 0.353 e. The van der Waals surface area contributed by atoms with Gasteiger partial charge >= 0.3 is 0 Å². The molecule has 0 radical (unpaired) electrons. The molecule has 1 aromatic carbocycles. The molecule has 1 aromatic rings. The van der Waals surface area contributed by atoms with Crippen LogP contribution in [0.1, 0.15) is 25.5 Å². The topological polar surface area (TPSA) is 24.5 Å². The molecule has 3 nitrogen and oxygen atoms in total. The van der Waals surface area contributed by atoms with Crippen molar-refractivity contribution in [1.29, 1.82) is 0 Å². The maximum Gasteiger partial charge on any atom is 0.118 e. The second-order valence-corrected chi connectivity index (χ2v) is 4.09. The minimum Gasteiger partial charge on any atom is -0.353 e. The maximum absolute atomic E-state index is 5.90. The van der Waals surface area contributed by atoms with Crippen LogP contribution in [0.25, 0.3) is 0 Å². The maximum atomic E-state index is 5.90. The molecule has 3 heteroatoms. The number of hydrogen-bond donors (Lipinski definition) is 1. The van der Waals surface area contributed by atoms with Crippen molar-refractivity contribution >= 4 is 0 Å². The number of ether oxygens (including phenoxy) is 1. The van der Waals surface area contributed by atoms with E-state index in [0.29, 0.717) is 6.04 Å². The first-order chi connectivity index (χ1) is 7.18. The summed E-state index contributed by atoms with van der Waals surface area (Å²) in [4.78, 5) is 0. The molecular weight excluding hydrogens is 188 g/mol. The molecule has 1 N–H and O–H groups in total. The number of likely N-dealkylation sites (N-methyl/N-ethyl adjacent to an activating group) is 1. The van der Waals surface area contributed by atoms with Crippen LogP contribution < -0.4 is 5.43 Å². The Morgan fingerprint density at radius 1 is 1.20 bits per heavy atom. The van der Waals surface area contributed by atoms with Crippen LogP contribution >= 0.6 is 0 Å². The van der Waals surface area contributed by atoms with Crippen molar-refractivity contribution in [3.63, 3.8) is 0 Å². The third-order valence-electron chi connectivity index (χ3n) is 2.91. The minimum atomic E-state index is 0.0661. The molecular formula is C12H18N2O. The molecule has 82 valence electrons. The number of rotatable bonds is 1. The van der Waals surface area contributed by atoms with Crippen LogP contribution in [0.2, 0.25) is 0 Å². The van der Waals surface area contributed by atoms with Crippen molar-refractivity contribution in [3.8, 4) is 0 Å². The van der Waals surface area contributed by atoms with Crippen LogP contribution in [0.3, 0.4) is 0 Å². The van der Waals surface area contributed by atoms with E-state index in [1.807, 2.05) is 13.0 Å². The summed E-state index contributed by atoms with van der Waals surface area (Å²) >= 11 is 0. The lowest BCUT2D eigenvalue weighted by Crippen LogP contribution is -2.55. The van der Waals surface area contributed by atoms with Crippen LogP contribution in [0.5, 0.6) is 0 Å². The Kier molecular flexibility index (Phi) is 3.05. The van der Waals surface area contributed by atoms with Crippen LogP contribution in [-0.4, -0.2) is 24.3 Å². The average Bonchev–Trinajstić information content (AvgIpc) is 2.24. The van der Waals surface area contributed by atoms with Gasteiger partial charge in [0.05, 0.1) is 6.04 Å². The van der Waals surface area contributed by atoms with Crippen LogP contribution in [-0.2, 0) is 4.74 Å². The Labute approximate surface area is 91.0 Å².